The average molecular weight is 690 g/mol. The van der Waals surface area contributed by atoms with E-state index in [1.54, 1.807) is 12.3 Å². The molecule has 2 amide bonds. The number of hydrazine groups is 1. The zero-order chi connectivity index (χ0) is 35.9. The third kappa shape index (κ3) is 6.71. The Morgan fingerprint density at radius 2 is 1.92 bits per heavy atom. The zero-order valence-corrected chi connectivity index (χ0v) is 29.6. The molecule has 1 saturated heterocycles. The lowest BCUT2D eigenvalue weighted by Crippen LogP contribution is -2.48. The maximum Gasteiger partial charge on any atom is 0.275 e. The van der Waals surface area contributed by atoms with Gasteiger partial charge in [-0.05, 0) is 76.9 Å². The van der Waals surface area contributed by atoms with E-state index in [0.29, 0.717) is 60.8 Å². The summed E-state index contributed by atoms with van der Waals surface area (Å²) in [7, 11) is 0. The lowest BCUT2D eigenvalue weighted by atomic mass is 9.82. The second-order valence-corrected chi connectivity index (χ2v) is 14.5. The molecule has 9 nitrogen and oxygen atoms in total. The summed E-state index contributed by atoms with van der Waals surface area (Å²) in [6.07, 6.45) is 7.21. The number of aliphatic hydroxyl groups excluding tert-OH is 1. The Bertz CT molecular complexity index is 2060. The molecule has 10 heteroatoms. The minimum absolute atomic E-state index is 0.0332. The van der Waals surface area contributed by atoms with Crippen molar-refractivity contribution in [1.82, 2.24) is 15.3 Å². The number of anilines is 1. The van der Waals surface area contributed by atoms with Gasteiger partial charge in [0.15, 0.2) is 0 Å². The van der Waals surface area contributed by atoms with Gasteiger partial charge in [0, 0.05) is 48.4 Å². The van der Waals surface area contributed by atoms with Crippen molar-refractivity contribution in [3.63, 3.8) is 0 Å². The summed E-state index contributed by atoms with van der Waals surface area (Å²) < 4.78 is 21.0. The van der Waals surface area contributed by atoms with Crippen molar-refractivity contribution < 1.29 is 23.8 Å². The largest absolute Gasteiger partial charge is 0.392 e. The molecule has 0 bridgehead atoms. The van der Waals surface area contributed by atoms with Crippen LogP contribution in [0, 0.1) is 17.7 Å². The van der Waals surface area contributed by atoms with Gasteiger partial charge in [-0.2, -0.15) is 0 Å². The Kier molecular flexibility index (Phi) is 9.58. The lowest BCUT2D eigenvalue weighted by molar-refractivity contribution is -0.138. The molecule has 2 unspecified atom stereocenters. The number of benzene rings is 3. The van der Waals surface area contributed by atoms with Crippen LogP contribution in [0.3, 0.4) is 0 Å². The molecule has 1 fully saturated rings. The van der Waals surface area contributed by atoms with Gasteiger partial charge in [0.05, 0.1) is 48.2 Å². The highest BCUT2D eigenvalue weighted by atomic mass is 19.1. The minimum Gasteiger partial charge on any atom is -0.392 e. The van der Waals surface area contributed by atoms with Crippen molar-refractivity contribution in [2.24, 2.45) is 16.8 Å². The number of nitrogens with zero attached hydrogens (tertiary/aromatic N) is 4. The molecule has 0 spiro atoms. The van der Waals surface area contributed by atoms with Gasteiger partial charge in [-0.1, -0.05) is 58.0 Å². The normalized spacial score (nSPS) is 20.3. The molecule has 1 aromatic heterocycles. The number of carbonyl (C=O) groups excluding carboxylic acids is 2. The van der Waals surface area contributed by atoms with E-state index < -0.39 is 11.7 Å². The van der Waals surface area contributed by atoms with Crippen LogP contribution in [-0.2, 0) is 28.1 Å². The predicted octanol–water partition coefficient (Wildman–Crippen LogP) is 7.03. The van der Waals surface area contributed by atoms with E-state index in [4.69, 9.17) is 9.73 Å². The molecule has 2 N–H and O–H groups in total. The first-order valence-electron chi connectivity index (χ1n) is 17.7. The summed E-state index contributed by atoms with van der Waals surface area (Å²) in [5, 5.41) is 13.0. The number of nitrogens with one attached hydrogen (secondary N) is 1. The summed E-state index contributed by atoms with van der Waals surface area (Å²) >= 11 is 0. The Morgan fingerprint density at radius 1 is 1.12 bits per heavy atom. The highest BCUT2D eigenvalue weighted by Crippen LogP contribution is 2.39. The van der Waals surface area contributed by atoms with Crippen LogP contribution in [0.4, 0.5) is 15.8 Å². The maximum absolute atomic E-state index is 15.5. The summed E-state index contributed by atoms with van der Waals surface area (Å²) in [5.41, 5.74) is 9.12. The SMILES string of the molecule is CCC1CC(C(=O)N2CCOCC2)C=CC1=Nc1cc(-c2cccc(N3NCc4cc(C(C)(C)C)cc(F)c4C3=O)c2CO)cc2cccnc12. The van der Waals surface area contributed by atoms with Crippen molar-refractivity contribution >= 4 is 39.8 Å². The van der Waals surface area contributed by atoms with E-state index in [9.17, 15) is 14.7 Å². The number of rotatable bonds is 6. The van der Waals surface area contributed by atoms with Crippen LogP contribution in [0.25, 0.3) is 22.0 Å². The Hall–Kier alpha value is -4.77. The number of morpholine rings is 1. The second kappa shape index (κ2) is 14.1. The molecule has 4 aromatic rings. The van der Waals surface area contributed by atoms with Gasteiger partial charge in [0.2, 0.25) is 5.91 Å². The topological polar surface area (TPSA) is 107 Å². The van der Waals surface area contributed by atoms with Crippen molar-refractivity contribution in [3.05, 3.63) is 101 Å². The highest BCUT2D eigenvalue weighted by Gasteiger charge is 2.33. The smallest absolute Gasteiger partial charge is 0.275 e. The summed E-state index contributed by atoms with van der Waals surface area (Å²) in [6.45, 7) is 10.4. The lowest BCUT2D eigenvalue weighted by Gasteiger charge is -2.32. The van der Waals surface area contributed by atoms with Crippen LogP contribution < -0.4 is 10.4 Å². The molecule has 7 rings (SSSR count). The third-order valence-corrected chi connectivity index (χ3v) is 10.3. The van der Waals surface area contributed by atoms with Crippen molar-refractivity contribution in [1.29, 1.82) is 0 Å². The van der Waals surface area contributed by atoms with E-state index in [1.807, 2.05) is 80.3 Å². The maximum atomic E-state index is 15.5. The number of hydrogen-bond acceptors (Lipinski definition) is 7. The highest BCUT2D eigenvalue weighted by molar-refractivity contribution is 6.09. The summed E-state index contributed by atoms with van der Waals surface area (Å²) in [6, 6.07) is 16.6. The second-order valence-electron chi connectivity index (χ2n) is 14.5. The molecule has 2 aliphatic heterocycles. The Morgan fingerprint density at radius 3 is 2.67 bits per heavy atom. The number of pyridine rings is 1. The fraction of sp³-hybridized carbons (Fsp3) is 0.366. The molecule has 0 radical (unpaired) electrons. The van der Waals surface area contributed by atoms with Gasteiger partial charge in [0.1, 0.15) is 5.82 Å². The Labute approximate surface area is 297 Å². The number of hydrogen-bond donors (Lipinski definition) is 2. The van der Waals surface area contributed by atoms with E-state index in [1.165, 1.54) is 11.1 Å². The Balaban J connectivity index is 1.26. The van der Waals surface area contributed by atoms with Crippen LogP contribution in [-0.4, -0.2) is 58.8 Å². The predicted molar refractivity (Wildman–Crippen MR) is 197 cm³/mol. The number of amides is 2. The van der Waals surface area contributed by atoms with Gasteiger partial charge in [-0.3, -0.25) is 19.6 Å². The standard InChI is InChI=1S/C41H44FN5O4/c1-5-25-18-27(39(49)46-14-16-51-17-15-46)11-12-34(25)45-35-21-28(19-26-8-7-13-43-38(26)35)31-9-6-10-36(32(31)24-48)47-40(50)37-29(23-44-47)20-30(22-33(37)42)41(2,3)4/h6-13,19-22,25,27,44,48H,5,14-18,23-24H2,1-4H3. The van der Waals surface area contributed by atoms with Gasteiger partial charge in [-0.15, -0.1) is 0 Å². The quantitative estimate of drug-likeness (QED) is 0.225. The first-order chi connectivity index (χ1) is 24.6. The van der Waals surface area contributed by atoms with E-state index >= 15 is 4.39 Å². The third-order valence-electron chi connectivity index (χ3n) is 10.3. The van der Waals surface area contributed by atoms with Gasteiger partial charge >= 0.3 is 0 Å². The molecule has 3 aromatic carbocycles. The van der Waals surface area contributed by atoms with Crippen molar-refractivity contribution in [2.75, 3.05) is 31.3 Å². The first-order valence-corrected chi connectivity index (χ1v) is 17.7. The fourth-order valence-corrected chi connectivity index (χ4v) is 7.35. The van der Waals surface area contributed by atoms with Crippen molar-refractivity contribution in [2.45, 2.75) is 59.1 Å². The average Bonchev–Trinajstić information content (AvgIpc) is 3.14. The summed E-state index contributed by atoms with van der Waals surface area (Å²) in [5.74, 6) is -1.05. The number of halogens is 1. The molecular formula is C41H44FN5O4. The number of fused-ring (bicyclic) bond motifs is 2. The zero-order valence-electron chi connectivity index (χ0n) is 29.6. The number of aliphatic imine (C=N–C) groups is 1. The molecule has 2 atom stereocenters. The van der Waals surface area contributed by atoms with E-state index in [2.05, 4.69) is 17.3 Å². The van der Waals surface area contributed by atoms with Gasteiger partial charge in [0.25, 0.3) is 5.91 Å². The van der Waals surface area contributed by atoms with E-state index in [0.717, 1.165) is 34.2 Å². The fourth-order valence-electron chi connectivity index (χ4n) is 7.35. The monoisotopic (exact) mass is 689 g/mol. The van der Waals surface area contributed by atoms with E-state index in [-0.39, 0.29) is 41.9 Å². The molecule has 1 aliphatic carbocycles. The van der Waals surface area contributed by atoms with Gasteiger partial charge < -0.3 is 14.7 Å². The number of ether oxygens (including phenoxy) is 1. The number of allylic oxidation sites excluding steroid dienone is 1. The molecule has 0 saturated carbocycles. The van der Waals surface area contributed by atoms with Crippen LogP contribution in [0.1, 0.15) is 67.6 Å². The number of aliphatic hydroxyl groups is 1. The first kappa shape index (κ1) is 34.7. The van der Waals surface area contributed by atoms with Crippen LogP contribution in [0.2, 0.25) is 0 Å². The van der Waals surface area contributed by atoms with Crippen molar-refractivity contribution in [3.8, 4) is 11.1 Å². The van der Waals surface area contributed by atoms with Crippen LogP contribution in [0.15, 0.2) is 77.9 Å². The molecular weight excluding hydrogens is 645 g/mol. The molecule has 264 valence electrons. The number of carbonyl (C=O) groups is 2. The molecule has 3 heterocycles. The number of aromatic nitrogens is 1. The molecule has 3 aliphatic rings. The summed E-state index contributed by atoms with van der Waals surface area (Å²) in [4.78, 5) is 38.9. The van der Waals surface area contributed by atoms with Crippen LogP contribution >= 0.6 is 0 Å². The minimum atomic E-state index is -0.555. The van der Waals surface area contributed by atoms with Crippen LogP contribution in [0.5, 0.6) is 0 Å². The molecule has 51 heavy (non-hydrogen) atoms. The van der Waals surface area contributed by atoms with Gasteiger partial charge in [-0.25, -0.2) is 14.8 Å².